The van der Waals surface area contributed by atoms with Crippen molar-refractivity contribution < 1.29 is 9.53 Å². The molecule has 0 radical (unpaired) electrons. The van der Waals surface area contributed by atoms with E-state index in [2.05, 4.69) is 6.92 Å². The highest BCUT2D eigenvalue weighted by Crippen LogP contribution is 2.40. The highest BCUT2D eigenvalue weighted by Gasteiger charge is 2.32. The normalized spacial score (nSPS) is 29.3. The summed E-state index contributed by atoms with van der Waals surface area (Å²) >= 11 is 6.04. The van der Waals surface area contributed by atoms with Gasteiger partial charge in [-0.25, -0.2) is 4.79 Å². The molecule has 26 heavy (non-hydrogen) atoms. The molecule has 1 aliphatic carbocycles. The number of hydrogen-bond acceptors (Lipinski definition) is 2. The van der Waals surface area contributed by atoms with Crippen molar-refractivity contribution in [2.24, 2.45) is 11.8 Å². The second-order valence-electron chi connectivity index (χ2n) is 8.48. The van der Waals surface area contributed by atoms with Crippen LogP contribution in [0.1, 0.15) is 67.8 Å². The molecule has 0 N–H and O–H groups in total. The number of rotatable bonds is 5. The van der Waals surface area contributed by atoms with Crippen LogP contribution in [0.5, 0.6) is 0 Å². The smallest absolute Gasteiger partial charge is 0.338 e. The molecule has 144 valence electrons. The van der Waals surface area contributed by atoms with Gasteiger partial charge in [0.1, 0.15) is 6.10 Å². The van der Waals surface area contributed by atoms with Crippen LogP contribution in [0, 0.1) is 18.8 Å². The summed E-state index contributed by atoms with van der Waals surface area (Å²) in [5.74, 6) is 1.63. The number of hydrogen-bond donors (Lipinski definition) is 0. The molecule has 1 heterocycles. The highest BCUT2D eigenvalue weighted by molar-refractivity contribution is 6.58. The molecule has 0 atom stereocenters. The largest absolute Gasteiger partial charge is 0.459 e. The van der Waals surface area contributed by atoms with Gasteiger partial charge in [-0.1, -0.05) is 55.9 Å². The molecule has 2 fully saturated rings. The Morgan fingerprint density at radius 1 is 1.12 bits per heavy atom. The number of esters is 1. The Morgan fingerprint density at radius 3 is 2.38 bits per heavy atom. The molecule has 3 rings (SSSR count). The Balaban J connectivity index is 1.44. The summed E-state index contributed by atoms with van der Waals surface area (Å²) in [4.78, 5) is 12.4. The third-order valence-electron chi connectivity index (χ3n) is 6.64. The average molecular weight is 393 g/mol. The van der Waals surface area contributed by atoms with Crippen LogP contribution in [-0.4, -0.2) is 20.9 Å². The van der Waals surface area contributed by atoms with Gasteiger partial charge < -0.3 is 4.74 Å². The summed E-state index contributed by atoms with van der Waals surface area (Å²) in [7, 11) is -0.373. The van der Waals surface area contributed by atoms with Gasteiger partial charge in [0.15, 0.2) is 0 Å². The third-order valence-corrected chi connectivity index (χ3v) is 10.8. The van der Waals surface area contributed by atoms with Crippen LogP contribution in [0.3, 0.4) is 0 Å². The minimum Gasteiger partial charge on any atom is -0.459 e. The van der Waals surface area contributed by atoms with Crippen molar-refractivity contribution in [3.8, 4) is 0 Å². The number of ether oxygens (including phenoxy) is 1. The second-order valence-corrected chi connectivity index (χ2v) is 12.3. The zero-order valence-electron chi connectivity index (χ0n) is 16.3. The summed E-state index contributed by atoms with van der Waals surface area (Å²) in [6.07, 6.45) is 9.01. The monoisotopic (exact) mass is 392 g/mol. The van der Waals surface area contributed by atoms with Gasteiger partial charge in [-0.3, -0.25) is 0 Å². The first-order valence-electron chi connectivity index (χ1n) is 10.5. The standard InChI is InChI=1S/C22H33ClO2Si/c1-3-12-26-13-10-18(11-14-26)17-4-7-20(8-5-17)25-22(24)19-6-9-21(23)16(2)15-19/h6,9,15,17-18,20,26H,3-5,7-8,10-14H2,1-2H3/t17-,18?,20-,26?. The van der Waals surface area contributed by atoms with Crippen molar-refractivity contribution in [1.29, 1.82) is 0 Å². The van der Waals surface area contributed by atoms with Crippen LogP contribution in [0.4, 0.5) is 0 Å². The van der Waals surface area contributed by atoms with Crippen LogP contribution in [-0.2, 0) is 4.74 Å². The predicted molar refractivity (Wildman–Crippen MR) is 112 cm³/mol. The molecule has 1 saturated heterocycles. The molecule has 1 saturated carbocycles. The van der Waals surface area contributed by atoms with Crippen LogP contribution in [0.25, 0.3) is 0 Å². The summed E-state index contributed by atoms with van der Waals surface area (Å²) in [6, 6.07) is 10.1. The first-order chi connectivity index (χ1) is 12.6. The van der Waals surface area contributed by atoms with Crippen molar-refractivity contribution in [2.75, 3.05) is 0 Å². The minimum atomic E-state index is -0.373. The fourth-order valence-corrected chi connectivity index (χ4v) is 8.62. The van der Waals surface area contributed by atoms with Crippen molar-refractivity contribution in [1.82, 2.24) is 0 Å². The maximum atomic E-state index is 12.4. The van der Waals surface area contributed by atoms with E-state index in [9.17, 15) is 4.79 Å². The molecule has 4 heteroatoms. The molecule has 2 aliphatic rings. The Morgan fingerprint density at radius 2 is 1.77 bits per heavy atom. The number of aryl methyl sites for hydroxylation is 1. The Kier molecular flexibility index (Phi) is 7.22. The van der Waals surface area contributed by atoms with Crippen LogP contribution < -0.4 is 0 Å². The Labute approximate surface area is 165 Å². The maximum Gasteiger partial charge on any atom is 0.338 e. The lowest BCUT2D eigenvalue weighted by Crippen LogP contribution is -2.31. The van der Waals surface area contributed by atoms with Gasteiger partial charge in [0.05, 0.1) is 5.56 Å². The summed E-state index contributed by atoms with van der Waals surface area (Å²) in [5, 5.41) is 0.693. The van der Waals surface area contributed by atoms with Crippen molar-refractivity contribution >= 4 is 26.4 Å². The van der Waals surface area contributed by atoms with E-state index < -0.39 is 0 Å². The van der Waals surface area contributed by atoms with Crippen molar-refractivity contribution in [3.63, 3.8) is 0 Å². The molecule has 1 aromatic rings. The van der Waals surface area contributed by atoms with E-state index in [1.165, 1.54) is 32.1 Å². The quantitative estimate of drug-likeness (QED) is 0.427. The van der Waals surface area contributed by atoms with Crippen LogP contribution in [0.15, 0.2) is 18.2 Å². The van der Waals surface area contributed by atoms with Crippen LogP contribution >= 0.6 is 11.6 Å². The molecule has 0 aromatic heterocycles. The minimum absolute atomic E-state index is 0.0977. The maximum absolute atomic E-state index is 12.4. The zero-order valence-corrected chi connectivity index (χ0v) is 18.2. The van der Waals surface area contributed by atoms with E-state index >= 15 is 0 Å². The number of carbonyl (C=O) groups is 1. The lowest BCUT2D eigenvalue weighted by Gasteiger charge is -2.37. The number of halogens is 1. The van der Waals surface area contributed by atoms with Gasteiger partial charge in [-0.15, -0.1) is 0 Å². The molecule has 0 spiro atoms. The number of benzene rings is 1. The van der Waals surface area contributed by atoms with Crippen LogP contribution in [0.2, 0.25) is 23.2 Å². The molecular weight excluding hydrogens is 360 g/mol. The van der Waals surface area contributed by atoms with Gasteiger partial charge >= 0.3 is 5.97 Å². The molecule has 2 nitrogen and oxygen atoms in total. The topological polar surface area (TPSA) is 26.3 Å². The molecule has 0 unspecified atom stereocenters. The lowest BCUT2D eigenvalue weighted by molar-refractivity contribution is 0.0127. The molecule has 1 aliphatic heterocycles. The van der Waals surface area contributed by atoms with E-state index in [1.54, 1.807) is 30.3 Å². The molecule has 1 aromatic carbocycles. The van der Waals surface area contributed by atoms with Gasteiger partial charge in [0, 0.05) is 13.8 Å². The second kappa shape index (κ2) is 9.41. The number of carbonyl (C=O) groups excluding carboxylic acids is 1. The zero-order chi connectivity index (χ0) is 18.5. The lowest BCUT2D eigenvalue weighted by atomic mass is 9.76. The van der Waals surface area contributed by atoms with E-state index in [0.29, 0.717) is 10.6 Å². The van der Waals surface area contributed by atoms with Gasteiger partial charge in [0.25, 0.3) is 0 Å². The SMILES string of the molecule is CCC[SiH]1CCC([C@H]2CC[C@H](OC(=O)c3ccc(Cl)c(C)c3)CC2)CC1. The van der Waals surface area contributed by atoms with E-state index in [-0.39, 0.29) is 20.9 Å². The fourth-order valence-electron chi connectivity index (χ4n) is 5.03. The highest BCUT2D eigenvalue weighted by atomic mass is 35.5. The molecule has 0 amide bonds. The van der Waals surface area contributed by atoms with Gasteiger partial charge in [-0.2, -0.15) is 0 Å². The fraction of sp³-hybridized carbons (Fsp3) is 0.682. The van der Waals surface area contributed by atoms with Gasteiger partial charge in [-0.05, 0) is 68.2 Å². The van der Waals surface area contributed by atoms with Gasteiger partial charge in [0.2, 0.25) is 0 Å². The Bertz CT molecular complexity index is 602. The van der Waals surface area contributed by atoms with E-state index in [4.69, 9.17) is 16.3 Å². The third kappa shape index (κ3) is 5.13. The van der Waals surface area contributed by atoms with Crippen molar-refractivity contribution in [3.05, 3.63) is 34.3 Å². The Hall–Kier alpha value is -0.803. The summed E-state index contributed by atoms with van der Waals surface area (Å²) in [5.41, 5.74) is 1.54. The predicted octanol–water partition coefficient (Wildman–Crippen LogP) is 6.41. The molecule has 0 bridgehead atoms. The summed E-state index contributed by atoms with van der Waals surface area (Å²) < 4.78 is 5.78. The average Bonchev–Trinajstić information content (AvgIpc) is 2.65. The first kappa shape index (κ1) is 19.9. The summed E-state index contributed by atoms with van der Waals surface area (Å²) in [6.45, 7) is 4.26. The van der Waals surface area contributed by atoms with Crippen molar-refractivity contribution in [2.45, 2.75) is 83.0 Å². The first-order valence-corrected chi connectivity index (χ1v) is 13.4. The van der Waals surface area contributed by atoms with E-state index in [1.807, 2.05) is 13.0 Å². The van der Waals surface area contributed by atoms with E-state index in [0.717, 1.165) is 30.2 Å². The molecular formula is C22H33ClO2Si.